The van der Waals surface area contributed by atoms with Gasteiger partial charge in [0.1, 0.15) is 0 Å². The number of rotatable bonds is 5. The Balaban J connectivity index is 2.82. The molecule has 0 saturated carbocycles. The van der Waals surface area contributed by atoms with Crippen molar-refractivity contribution in [3.63, 3.8) is 0 Å². The second-order valence-electron chi connectivity index (χ2n) is 4.57. The van der Waals surface area contributed by atoms with E-state index in [0.717, 1.165) is 5.56 Å². The average molecular weight is 305 g/mol. The molecule has 0 spiro atoms. The number of esters is 1. The Morgan fingerprint density at radius 2 is 2.05 bits per heavy atom. The molecule has 1 rings (SSSR count). The molecule has 0 aliphatic rings. The van der Waals surface area contributed by atoms with Crippen LogP contribution >= 0.6 is 11.6 Å². The maximum absolute atomic E-state index is 12.0. The van der Waals surface area contributed by atoms with Crippen LogP contribution < -0.4 is 0 Å². The summed E-state index contributed by atoms with van der Waals surface area (Å²) in [5.74, 6) is -1.63. The third-order valence-electron chi connectivity index (χ3n) is 2.69. The van der Waals surface area contributed by atoms with E-state index in [4.69, 9.17) is 11.6 Å². The van der Waals surface area contributed by atoms with Gasteiger partial charge >= 0.3 is 5.97 Å². The molecule has 0 aliphatic carbocycles. The Hall–Kier alpha value is -1.07. The first-order valence-corrected chi connectivity index (χ1v) is 7.98. The van der Waals surface area contributed by atoms with E-state index in [1.165, 1.54) is 14.0 Å². The molecule has 1 atom stereocenters. The van der Waals surface area contributed by atoms with Crippen molar-refractivity contribution in [2.45, 2.75) is 19.6 Å². The molecule has 106 valence electrons. The van der Waals surface area contributed by atoms with Crippen LogP contribution in [-0.4, -0.2) is 27.2 Å². The van der Waals surface area contributed by atoms with Crippen LogP contribution in [0.4, 0.5) is 0 Å². The van der Waals surface area contributed by atoms with E-state index in [-0.39, 0.29) is 11.5 Å². The molecule has 0 heterocycles. The van der Waals surface area contributed by atoms with E-state index >= 15 is 0 Å². The smallest absolute Gasteiger partial charge is 0.309 e. The van der Waals surface area contributed by atoms with E-state index < -0.39 is 21.7 Å². The summed E-state index contributed by atoms with van der Waals surface area (Å²) in [6.45, 7) is 3.41. The highest BCUT2D eigenvalue weighted by Gasteiger charge is 2.23. The molecular formula is C13H17ClO4S. The normalized spacial score (nSPS) is 13.1. The minimum absolute atomic E-state index is 0.173. The monoisotopic (exact) mass is 304 g/mol. The fourth-order valence-corrected chi connectivity index (χ4v) is 3.84. The SMILES string of the molecule is COC(=O)C(C)CS(=O)(=O)Cc1ccc(C)cc1Cl. The molecule has 4 nitrogen and oxygen atoms in total. The van der Waals surface area contributed by atoms with Crippen LogP contribution in [0.1, 0.15) is 18.1 Å². The largest absolute Gasteiger partial charge is 0.469 e. The fourth-order valence-electron chi connectivity index (χ4n) is 1.72. The summed E-state index contributed by atoms with van der Waals surface area (Å²) in [5, 5.41) is 0.425. The van der Waals surface area contributed by atoms with Gasteiger partial charge in [0.05, 0.1) is 24.5 Å². The summed E-state index contributed by atoms with van der Waals surface area (Å²) in [4.78, 5) is 11.2. The first kappa shape index (κ1) is 16.0. The van der Waals surface area contributed by atoms with Gasteiger partial charge in [-0.2, -0.15) is 0 Å². The predicted molar refractivity (Wildman–Crippen MR) is 74.9 cm³/mol. The first-order valence-electron chi connectivity index (χ1n) is 5.78. The zero-order valence-electron chi connectivity index (χ0n) is 11.1. The molecule has 6 heteroatoms. The number of sulfone groups is 1. The fraction of sp³-hybridized carbons (Fsp3) is 0.462. The highest BCUT2D eigenvalue weighted by Crippen LogP contribution is 2.21. The molecule has 0 aliphatic heterocycles. The summed E-state index contributed by atoms with van der Waals surface area (Å²) in [7, 11) is -2.17. The van der Waals surface area contributed by atoms with E-state index in [1.54, 1.807) is 18.2 Å². The lowest BCUT2D eigenvalue weighted by molar-refractivity contribution is -0.144. The van der Waals surface area contributed by atoms with Gasteiger partial charge in [-0.15, -0.1) is 0 Å². The van der Waals surface area contributed by atoms with Crippen LogP contribution in [0.2, 0.25) is 5.02 Å². The number of methoxy groups -OCH3 is 1. The van der Waals surface area contributed by atoms with Gasteiger partial charge in [0.2, 0.25) is 0 Å². The van der Waals surface area contributed by atoms with Crippen molar-refractivity contribution in [1.29, 1.82) is 0 Å². The van der Waals surface area contributed by atoms with Gasteiger partial charge < -0.3 is 4.74 Å². The van der Waals surface area contributed by atoms with Gasteiger partial charge in [0.25, 0.3) is 0 Å². The van der Waals surface area contributed by atoms with Crippen LogP contribution in [0.3, 0.4) is 0 Å². The Morgan fingerprint density at radius 3 is 2.58 bits per heavy atom. The standard InChI is InChI=1S/C13H17ClO4S/c1-9-4-5-11(12(14)6-9)8-19(16,17)7-10(2)13(15)18-3/h4-6,10H,7-8H2,1-3H3. The van der Waals surface area contributed by atoms with E-state index in [0.29, 0.717) is 10.6 Å². The van der Waals surface area contributed by atoms with Gasteiger partial charge in [-0.25, -0.2) is 8.42 Å². The van der Waals surface area contributed by atoms with Crippen LogP contribution in [-0.2, 0) is 25.1 Å². The van der Waals surface area contributed by atoms with Crippen molar-refractivity contribution in [1.82, 2.24) is 0 Å². The summed E-state index contributed by atoms with van der Waals surface area (Å²) in [6.07, 6.45) is 0. The zero-order valence-corrected chi connectivity index (χ0v) is 12.7. The first-order chi connectivity index (χ1) is 8.75. The lowest BCUT2D eigenvalue weighted by atomic mass is 10.2. The number of benzene rings is 1. The molecule has 0 fully saturated rings. The van der Waals surface area contributed by atoms with Crippen molar-refractivity contribution < 1.29 is 17.9 Å². The number of hydrogen-bond acceptors (Lipinski definition) is 4. The molecule has 0 N–H and O–H groups in total. The summed E-state index contributed by atoms with van der Waals surface area (Å²) in [5.41, 5.74) is 1.51. The van der Waals surface area contributed by atoms with Crippen LogP contribution in [0, 0.1) is 12.8 Å². The minimum atomic E-state index is -3.41. The van der Waals surface area contributed by atoms with Crippen molar-refractivity contribution in [3.05, 3.63) is 34.3 Å². The molecule has 1 aromatic carbocycles. The Labute approximate surface area is 118 Å². The lowest BCUT2D eigenvalue weighted by Gasteiger charge is -2.11. The van der Waals surface area contributed by atoms with E-state index in [1.807, 2.05) is 6.92 Å². The third kappa shape index (κ3) is 4.84. The molecule has 0 amide bonds. The van der Waals surface area contributed by atoms with Crippen LogP contribution in [0.15, 0.2) is 18.2 Å². The van der Waals surface area contributed by atoms with Crippen LogP contribution in [0.25, 0.3) is 0 Å². The topological polar surface area (TPSA) is 60.4 Å². The van der Waals surface area contributed by atoms with Crippen molar-refractivity contribution in [3.8, 4) is 0 Å². The summed E-state index contributed by atoms with van der Waals surface area (Å²) < 4.78 is 28.5. The maximum Gasteiger partial charge on any atom is 0.309 e. The molecule has 19 heavy (non-hydrogen) atoms. The molecule has 0 aromatic heterocycles. The molecule has 1 unspecified atom stereocenters. The Morgan fingerprint density at radius 1 is 1.42 bits per heavy atom. The van der Waals surface area contributed by atoms with Gasteiger partial charge in [0.15, 0.2) is 9.84 Å². The zero-order chi connectivity index (χ0) is 14.6. The quantitative estimate of drug-likeness (QED) is 0.784. The van der Waals surface area contributed by atoms with E-state index in [2.05, 4.69) is 4.74 Å². The van der Waals surface area contributed by atoms with Crippen molar-refractivity contribution in [2.24, 2.45) is 5.92 Å². The molecule has 0 radical (unpaired) electrons. The number of ether oxygens (including phenoxy) is 1. The van der Waals surface area contributed by atoms with Gasteiger partial charge in [-0.1, -0.05) is 30.7 Å². The minimum Gasteiger partial charge on any atom is -0.469 e. The lowest BCUT2D eigenvalue weighted by Crippen LogP contribution is -2.23. The Bertz CT molecular complexity index is 566. The molecule has 0 bridgehead atoms. The van der Waals surface area contributed by atoms with Gasteiger partial charge in [0, 0.05) is 5.02 Å². The summed E-state index contributed by atoms with van der Waals surface area (Å²) in [6, 6.07) is 5.22. The second-order valence-corrected chi connectivity index (χ2v) is 7.09. The number of halogens is 1. The number of carbonyl (C=O) groups excluding carboxylic acids is 1. The Kier molecular flexibility index (Phi) is 5.38. The number of carbonyl (C=O) groups is 1. The van der Waals surface area contributed by atoms with Crippen LogP contribution in [0.5, 0.6) is 0 Å². The molecule has 1 aromatic rings. The second kappa shape index (κ2) is 6.39. The number of hydrogen-bond donors (Lipinski definition) is 0. The third-order valence-corrected chi connectivity index (χ3v) is 4.80. The summed E-state index contributed by atoms with van der Waals surface area (Å²) >= 11 is 6.01. The average Bonchev–Trinajstić information content (AvgIpc) is 2.31. The number of aryl methyl sites for hydroxylation is 1. The maximum atomic E-state index is 12.0. The van der Waals surface area contributed by atoms with Crippen molar-refractivity contribution in [2.75, 3.05) is 12.9 Å². The van der Waals surface area contributed by atoms with E-state index in [9.17, 15) is 13.2 Å². The highest BCUT2D eigenvalue weighted by molar-refractivity contribution is 7.90. The van der Waals surface area contributed by atoms with Gasteiger partial charge in [-0.05, 0) is 24.1 Å². The molecule has 0 saturated heterocycles. The van der Waals surface area contributed by atoms with Gasteiger partial charge in [-0.3, -0.25) is 4.79 Å². The predicted octanol–water partition coefficient (Wildman–Crippen LogP) is 2.37. The highest BCUT2D eigenvalue weighted by atomic mass is 35.5. The molecular weight excluding hydrogens is 288 g/mol. The van der Waals surface area contributed by atoms with Crippen molar-refractivity contribution >= 4 is 27.4 Å².